The van der Waals surface area contributed by atoms with Gasteiger partial charge in [0, 0.05) is 31.6 Å². The van der Waals surface area contributed by atoms with E-state index < -0.39 is 0 Å². The van der Waals surface area contributed by atoms with Crippen molar-refractivity contribution in [3.63, 3.8) is 0 Å². The molecule has 2 heterocycles. The van der Waals surface area contributed by atoms with Crippen LogP contribution in [0.3, 0.4) is 0 Å². The van der Waals surface area contributed by atoms with Crippen LogP contribution in [0.4, 0.5) is 5.82 Å². The number of nitrogens with zero attached hydrogens (tertiary/aromatic N) is 3. The average molecular weight is 295 g/mol. The molecule has 4 heteroatoms. The number of carbonyl (C=O) groups is 1. The van der Waals surface area contributed by atoms with E-state index in [1.807, 2.05) is 24.0 Å². The van der Waals surface area contributed by atoms with Crippen LogP contribution in [0.25, 0.3) is 10.9 Å². The van der Waals surface area contributed by atoms with Crippen LogP contribution < -0.4 is 4.90 Å². The molecule has 0 aliphatic carbocycles. The number of piperazine rings is 1. The molecule has 1 aliphatic rings. The average Bonchev–Trinajstić information content (AvgIpc) is 2.55. The molecule has 0 spiro atoms. The summed E-state index contributed by atoms with van der Waals surface area (Å²) in [5.41, 5.74) is 2.28. The van der Waals surface area contributed by atoms with Crippen LogP contribution in [0, 0.1) is 6.92 Å². The number of benzene rings is 1. The summed E-state index contributed by atoms with van der Waals surface area (Å²) in [6.07, 6.45) is 3.43. The lowest BCUT2D eigenvalue weighted by molar-refractivity contribution is -0.126. The maximum Gasteiger partial charge on any atom is 0.246 e. The summed E-state index contributed by atoms with van der Waals surface area (Å²) >= 11 is 0. The van der Waals surface area contributed by atoms with Gasteiger partial charge in [-0.05, 0) is 37.6 Å². The van der Waals surface area contributed by atoms with Crippen molar-refractivity contribution in [1.82, 2.24) is 9.88 Å². The van der Waals surface area contributed by atoms with Gasteiger partial charge in [0.05, 0.1) is 5.52 Å². The number of para-hydroxylation sites is 1. The number of aryl methyl sites for hydroxylation is 1. The van der Waals surface area contributed by atoms with Crippen molar-refractivity contribution in [3.8, 4) is 0 Å². The summed E-state index contributed by atoms with van der Waals surface area (Å²) in [5, 5.41) is 1.20. The number of fused-ring (bicyclic) bond motifs is 1. The molecular weight excluding hydrogens is 274 g/mol. The molecule has 1 aliphatic heterocycles. The van der Waals surface area contributed by atoms with Crippen LogP contribution in [-0.4, -0.2) is 42.0 Å². The molecule has 3 rings (SSSR count). The molecule has 0 saturated carbocycles. The molecule has 1 aromatic heterocycles. The molecular formula is C18H21N3O. The molecule has 0 atom stereocenters. The Balaban J connectivity index is 1.78. The van der Waals surface area contributed by atoms with Gasteiger partial charge in [-0.15, -0.1) is 0 Å². The van der Waals surface area contributed by atoms with Crippen molar-refractivity contribution >= 4 is 22.6 Å². The van der Waals surface area contributed by atoms with Crippen molar-refractivity contribution < 1.29 is 4.79 Å². The van der Waals surface area contributed by atoms with Gasteiger partial charge in [0.2, 0.25) is 5.91 Å². The Labute approximate surface area is 131 Å². The van der Waals surface area contributed by atoms with Gasteiger partial charge in [-0.3, -0.25) is 4.79 Å². The minimum Gasteiger partial charge on any atom is -0.353 e. The van der Waals surface area contributed by atoms with Gasteiger partial charge < -0.3 is 9.80 Å². The number of rotatable bonds is 2. The number of carbonyl (C=O) groups excluding carboxylic acids is 1. The van der Waals surface area contributed by atoms with Gasteiger partial charge in [-0.1, -0.05) is 24.3 Å². The van der Waals surface area contributed by atoms with Crippen molar-refractivity contribution in [2.45, 2.75) is 13.8 Å². The van der Waals surface area contributed by atoms with Gasteiger partial charge in [0.25, 0.3) is 0 Å². The zero-order valence-corrected chi connectivity index (χ0v) is 13.1. The second-order valence-electron chi connectivity index (χ2n) is 5.63. The standard InChI is InChI=1S/C18H21N3O/c1-3-6-18(22)21-11-9-20(10-12-21)17-13-14(2)15-7-4-5-8-16(15)19-17/h3-8,13H,9-12H2,1-2H3/b6-3+. The largest absolute Gasteiger partial charge is 0.353 e. The van der Waals surface area contributed by atoms with Gasteiger partial charge in [-0.2, -0.15) is 0 Å². The van der Waals surface area contributed by atoms with E-state index in [9.17, 15) is 4.79 Å². The Kier molecular flexibility index (Phi) is 4.09. The van der Waals surface area contributed by atoms with Gasteiger partial charge >= 0.3 is 0 Å². The van der Waals surface area contributed by atoms with Crippen LogP contribution >= 0.6 is 0 Å². The smallest absolute Gasteiger partial charge is 0.246 e. The highest BCUT2D eigenvalue weighted by molar-refractivity contribution is 5.87. The third kappa shape index (κ3) is 2.82. The van der Waals surface area contributed by atoms with Crippen molar-refractivity contribution in [2.24, 2.45) is 0 Å². The molecule has 0 radical (unpaired) electrons. The Morgan fingerprint density at radius 1 is 1.18 bits per heavy atom. The van der Waals surface area contributed by atoms with Crippen LogP contribution in [0.15, 0.2) is 42.5 Å². The Morgan fingerprint density at radius 2 is 1.91 bits per heavy atom. The van der Waals surface area contributed by atoms with E-state index in [0.717, 1.165) is 37.5 Å². The molecule has 114 valence electrons. The fourth-order valence-electron chi connectivity index (χ4n) is 2.90. The molecule has 1 amide bonds. The molecule has 0 N–H and O–H groups in total. The van der Waals surface area contributed by atoms with E-state index in [-0.39, 0.29) is 5.91 Å². The predicted molar refractivity (Wildman–Crippen MR) is 90.1 cm³/mol. The van der Waals surface area contributed by atoms with Gasteiger partial charge in [0.1, 0.15) is 5.82 Å². The quantitative estimate of drug-likeness (QED) is 0.799. The molecule has 1 fully saturated rings. The number of anilines is 1. The number of hydrogen-bond acceptors (Lipinski definition) is 3. The third-order valence-electron chi connectivity index (χ3n) is 4.13. The summed E-state index contributed by atoms with van der Waals surface area (Å²) in [5.74, 6) is 1.11. The fraction of sp³-hybridized carbons (Fsp3) is 0.333. The predicted octanol–water partition coefficient (Wildman–Crippen LogP) is 2.77. The normalized spacial score (nSPS) is 15.7. The second kappa shape index (κ2) is 6.18. The molecule has 0 unspecified atom stereocenters. The SMILES string of the molecule is C/C=C/C(=O)N1CCN(c2cc(C)c3ccccc3n2)CC1. The third-order valence-corrected chi connectivity index (χ3v) is 4.13. The van der Waals surface area contributed by atoms with E-state index in [1.165, 1.54) is 10.9 Å². The summed E-state index contributed by atoms with van der Waals surface area (Å²) < 4.78 is 0. The lowest BCUT2D eigenvalue weighted by Crippen LogP contribution is -2.48. The molecule has 22 heavy (non-hydrogen) atoms. The number of hydrogen-bond donors (Lipinski definition) is 0. The lowest BCUT2D eigenvalue weighted by atomic mass is 10.1. The highest BCUT2D eigenvalue weighted by atomic mass is 16.2. The maximum atomic E-state index is 11.9. The summed E-state index contributed by atoms with van der Waals surface area (Å²) in [7, 11) is 0. The van der Waals surface area contributed by atoms with Crippen molar-refractivity contribution in [2.75, 3.05) is 31.1 Å². The minimum atomic E-state index is 0.102. The van der Waals surface area contributed by atoms with E-state index in [4.69, 9.17) is 4.98 Å². The van der Waals surface area contributed by atoms with Crippen LogP contribution in [0.1, 0.15) is 12.5 Å². The molecule has 1 saturated heterocycles. The first-order valence-electron chi connectivity index (χ1n) is 7.72. The first-order valence-corrected chi connectivity index (χ1v) is 7.72. The summed E-state index contributed by atoms with van der Waals surface area (Å²) in [6, 6.07) is 10.4. The highest BCUT2D eigenvalue weighted by Crippen LogP contribution is 2.23. The minimum absolute atomic E-state index is 0.102. The number of pyridine rings is 1. The van der Waals surface area contributed by atoms with E-state index in [1.54, 1.807) is 12.2 Å². The molecule has 4 nitrogen and oxygen atoms in total. The molecule has 1 aromatic carbocycles. The van der Waals surface area contributed by atoms with E-state index in [2.05, 4.69) is 30.0 Å². The van der Waals surface area contributed by atoms with Crippen LogP contribution in [-0.2, 0) is 4.79 Å². The lowest BCUT2D eigenvalue weighted by Gasteiger charge is -2.35. The second-order valence-corrected chi connectivity index (χ2v) is 5.63. The first kappa shape index (κ1) is 14.6. The van der Waals surface area contributed by atoms with E-state index >= 15 is 0 Å². The monoisotopic (exact) mass is 295 g/mol. The van der Waals surface area contributed by atoms with Crippen molar-refractivity contribution in [3.05, 3.63) is 48.0 Å². The Bertz CT molecular complexity index is 715. The zero-order chi connectivity index (χ0) is 15.5. The summed E-state index contributed by atoms with van der Waals surface area (Å²) in [4.78, 5) is 20.8. The Hall–Kier alpha value is -2.36. The Morgan fingerprint density at radius 3 is 2.64 bits per heavy atom. The van der Waals surface area contributed by atoms with Crippen LogP contribution in [0.5, 0.6) is 0 Å². The van der Waals surface area contributed by atoms with Gasteiger partial charge in [-0.25, -0.2) is 4.98 Å². The zero-order valence-electron chi connectivity index (χ0n) is 13.1. The first-order chi connectivity index (χ1) is 10.7. The van der Waals surface area contributed by atoms with Gasteiger partial charge in [0.15, 0.2) is 0 Å². The number of aromatic nitrogens is 1. The molecule has 0 bridgehead atoms. The molecule has 2 aromatic rings. The topological polar surface area (TPSA) is 36.4 Å². The summed E-state index contributed by atoms with van der Waals surface area (Å²) in [6.45, 7) is 7.14. The van der Waals surface area contributed by atoms with E-state index in [0.29, 0.717) is 0 Å². The maximum absolute atomic E-state index is 11.9. The van der Waals surface area contributed by atoms with Crippen molar-refractivity contribution in [1.29, 1.82) is 0 Å². The highest BCUT2D eigenvalue weighted by Gasteiger charge is 2.20. The number of allylic oxidation sites excluding steroid dienone is 1. The number of amides is 1. The van der Waals surface area contributed by atoms with Crippen LogP contribution in [0.2, 0.25) is 0 Å². The fourth-order valence-corrected chi connectivity index (χ4v) is 2.90.